The maximum atomic E-state index is 10.5. The molecule has 0 aliphatic heterocycles. The molecule has 0 unspecified atom stereocenters. The number of benzene rings is 1. The number of hydrogen-bond acceptors (Lipinski definition) is 4. The van der Waals surface area contributed by atoms with E-state index in [4.69, 9.17) is 10.5 Å². The minimum atomic E-state index is -0.673. The third-order valence-electron chi connectivity index (χ3n) is 2.37. The number of carbonyl (C=O) groups excluding carboxylic acids is 1. The van der Waals surface area contributed by atoms with Gasteiger partial charge in [-0.1, -0.05) is 69.0 Å². The van der Waals surface area contributed by atoms with Crippen molar-refractivity contribution in [2.45, 2.75) is 33.6 Å². The summed E-state index contributed by atoms with van der Waals surface area (Å²) in [6.07, 6.45) is 5.38. The molecule has 0 atom stereocenters. The Labute approximate surface area is 139 Å². The Balaban J connectivity index is 0. The van der Waals surface area contributed by atoms with Crippen LogP contribution in [-0.2, 0) is 9.68 Å². The highest BCUT2D eigenvalue weighted by Crippen LogP contribution is 1.99. The van der Waals surface area contributed by atoms with Gasteiger partial charge >= 0.3 is 5.97 Å². The average molecular weight is 315 g/mol. The molecular weight excluding hydrogens is 290 g/mol. The molecule has 0 spiro atoms. The largest absolute Gasteiger partial charge is 0.368 e. The summed E-state index contributed by atoms with van der Waals surface area (Å²) in [4.78, 5) is 14.0. The molecule has 0 radical (unpaired) electrons. The van der Waals surface area contributed by atoms with Gasteiger partial charge in [0.25, 0.3) is 0 Å². The van der Waals surface area contributed by atoms with E-state index in [1.165, 1.54) is 5.56 Å². The molecule has 1 aromatic carbocycles. The van der Waals surface area contributed by atoms with Crippen LogP contribution in [-0.4, -0.2) is 11.2 Å². The minimum absolute atomic E-state index is 0.448. The Morgan fingerprint density at radius 3 is 2.17 bits per heavy atom. The second-order valence-corrected chi connectivity index (χ2v) is 4.56. The van der Waals surface area contributed by atoms with Crippen LogP contribution in [0.5, 0.6) is 0 Å². The fraction of sp³-hybridized carbons (Fsp3) is 0.263. The molecule has 0 fully saturated rings. The second-order valence-electron chi connectivity index (χ2n) is 4.56. The van der Waals surface area contributed by atoms with Crippen LogP contribution in [0, 0.1) is 11.3 Å². The molecule has 1 rings (SSSR count). The molecule has 4 nitrogen and oxygen atoms in total. The van der Waals surface area contributed by atoms with Crippen molar-refractivity contribution in [1.82, 2.24) is 0 Å². The number of rotatable bonds is 4. The maximum Gasteiger partial charge on any atom is 0.368 e. The SMILES string of the molecule is C=C(C)C#N.C=Cc1ccccc1.CCCC=C(C)C(=O)OO. The highest BCUT2D eigenvalue weighted by Gasteiger charge is 2.02. The summed E-state index contributed by atoms with van der Waals surface area (Å²) in [5.74, 6) is -0.673. The highest BCUT2D eigenvalue weighted by atomic mass is 17.1. The van der Waals surface area contributed by atoms with Crippen molar-refractivity contribution in [3.8, 4) is 6.07 Å². The molecule has 1 aromatic rings. The van der Waals surface area contributed by atoms with E-state index in [0.717, 1.165) is 12.8 Å². The molecule has 0 heterocycles. The lowest BCUT2D eigenvalue weighted by molar-refractivity contribution is -0.229. The van der Waals surface area contributed by atoms with Crippen LogP contribution in [0.4, 0.5) is 0 Å². The zero-order valence-electron chi connectivity index (χ0n) is 14.1. The normalized spacial score (nSPS) is 9.09. The third-order valence-corrected chi connectivity index (χ3v) is 2.37. The number of hydrogen-bond donors (Lipinski definition) is 1. The lowest BCUT2D eigenvalue weighted by Crippen LogP contribution is -2.01. The zero-order valence-corrected chi connectivity index (χ0v) is 14.1. The number of unbranched alkanes of at least 4 members (excludes halogenated alkanes) is 1. The van der Waals surface area contributed by atoms with Crippen molar-refractivity contribution in [3.05, 3.63) is 66.3 Å². The van der Waals surface area contributed by atoms with Crippen LogP contribution in [0.25, 0.3) is 6.08 Å². The molecule has 0 aromatic heterocycles. The Kier molecular flexibility index (Phi) is 15.5. The van der Waals surface area contributed by atoms with E-state index >= 15 is 0 Å². The molecule has 0 aliphatic rings. The molecule has 0 aliphatic carbocycles. The lowest BCUT2D eigenvalue weighted by Gasteiger charge is -1.93. The Morgan fingerprint density at radius 2 is 1.87 bits per heavy atom. The summed E-state index contributed by atoms with van der Waals surface area (Å²) in [6, 6.07) is 11.9. The first-order chi connectivity index (χ1) is 10.9. The van der Waals surface area contributed by atoms with Crippen LogP contribution in [0.15, 0.2) is 60.7 Å². The van der Waals surface area contributed by atoms with E-state index < -0.39 is 5.97 Å². The van der Waals surface area contributed by atoms with Crippen LogP contribution in [0.2, 0.25) is 0 Å². The van der Waals surface area contributed by atoms with Gasteiger partial charge in [-0.3, -0.25) is 4.89 Å². The second kappa shape index (κ2) is 15.7. The van der Waals surface area contributed by atoms with Gasteiger partial charge in [0.05, 0.1) is 6.07 Å². The lowest BCUT2D eigenvalue weighted by atomic mass is 10.2. The average Bonchev–Trinajstić information content (AvgIpc) is 2.60. The number of nitrogens with zero attached hydrogens (tertiary/aromatic N) is 1. The van der Waals surface area contributed by atoms with E-state index in [9.17, 15) is 4.79 Å². The molecule has 124 valence electrons. The van der Waals surface area contributed by atoms with E-state index in [1.807, 2.05) is 49.4 Å². The van der Waals surface area contributed by atoms with Gasteiger partial charge in [-0.15, -0.1) is 0 Å². The van der Waals surface area contributed by atoms with Gasteiger partial charge in [0.2, 0.25) is 0 Å². The van der Waals surface area contributed by atoms with Crippen LogP contribution >= 0.6 is 0 Å². The summed E-state index contributed by atoms with van der Waals surface area (Å²) < 4.78 is 0. The Morgan fingerprint density at radius 1 is 1.35 bits per heavy atom. The van der Waals surface area contributed by atoms with Crippen molar-refractivity contribution >= 4 is 12.0 Å². The van der Waals surface area contributed by atoms with E-state index in [1.54, 1.807) is 19.9 Å². The van der Waals surface area contributed by atoms with Crippen LogP contribution in [0.1, 0.15) is 39.2 Å². The van der Waals surface area contributed by atoms with E-state index in [-0.39, 0.29) is 0 Å². The molecule has 4 heteroatoms. The summed E-state index contributed by atoms with van der Waals surface area (Å²) in [6.45, 7) is 12.2. The summed E-state index contributed by atoms with van der Waals surface area (Å²) in [7, 11) is 0. The predicted molar refractivity (Wildman–Crippen MR) is 94.3 cm³/mol. The summed E-state index contributed by atoms with van der Waals surface area (Å²) in [5.41, 5.74) is 2.18. The highest BCUT2D eigenvalue weighted by molar-refractivity contribution is 5.87. The smallest absolute Gasteiger partial charge is 0.296 e. The third kappa shape index (κ3) is 15.6. The fourth-order valence-corrected chi connectivity index (χ4v) is 1.11. The first-order valence-corrected chi connectivity index (χ1v) is 7.18. The van der Waals surface area contributed by atoms with Crippen LogP contribution < -0.4 is 0 Å². The molecule has 0 bridgehead atoms. The first kappa shape index (κ1) is 22.6. The van der Waals surface area contributed by atoms with Crippen molar-refractivity contribution in [1.29, 1.82) is 5.26 Å². The summed E-state index contributed by atoms with van der Waals surface area (Å²) >= 11 is 0. The Hall–Kier alpha value is -2.64. The molecule has 0 saturated carbocycles. The van der Waals surface area contributed by atoms with Gasteiger partial charge in [-0.25, -0.2) is 4.79 Å². The zero-order chi connectivity index (χ0) is 18.1. The molecule has 0 amide bonds. The Bertz CT molecular complexity index is 539. The minimum Gasteiger partial charge on any atom is -0.296 e. The maximum absolute atomic E-state index is 10.5. The molecule has 0 saturated heterocycles. The fourth-order valence-electron chi connectivity index (χ4n) is 1.11. The van der Waals surface area contributed by atoms with E-state index in [0.29, 0.717) is 11.1 Å². The van der Waals surface area contributed by atoms with E-state index in [2.05, 4.69) is 18.0 Å². The van der Waals surface area contributed by atoms with Gasteiger partial charge in [-0.05, 0) is 25.8 Å². The van der Waals surface area contributed by atoms with Crippen molar-refractivity contribution < 1.29 is 14.9 Å². The van der Waals surface area contributed by atoms with Crippen molar-refractivity contribution in [3.63, 3.8) is 0 Å². The molecular formula is C19H25NO3. The number of carbonyl (C=O) groups is 1. The van der Waals surface area contributed by atoms with Gasteiger partial charge in [0.1, 0.15) is 0 Å². The standard InChI is InChI=1S/C8H8.C7H12O3.C4H5N/c1-2-8-6-4-3-5-7-8;1-3-4-5-6(2)7(8)10-9;1-4(2)3-5/h2-7H,1H2;5,9H,3-4H2,1-2H3;1H2,2H3. The number of nitriles is 1. The monoisotopic (exact) mass is 315 g/mol. The van der Waals surface area contributed by atoms with Gasteiger partial charge in [0, 0.05) is 11.1 Å². The first-order valence-electron chi connectivity index (χ1n) is 7.18. The van der Waals surface area contributed by atoms with Crippen molar-refractivity contribution in [2.75, 3.05) is 0 Å². The van der Waals surface area contributed by atoms with Crippen LogP contribution in [0.3, 0.4) is 0 Å². The van der Waals surface area contributed by atoms with Gasteiger partial charge in [-0.2, -0.15) is 10.5 Å². The predicted octanol–water partition coefficient (Wildman–Crippen LogP) is 5.16. The van der Waals surface area contributed by atoms with Gasteiger partial charge < -0.3 is 0 Å². The quantitative estimate of drug-likeness (QED) is 0.360. The van der Waals surface area contributed by atoms with Gasteiger partial charge in [0.15, 0.2) is 0 Å². The summed E-state index contributed by atoms with van der Waals surface area (Å²) in [5, 5.41) is 15.7. The molecule has 1 N–H and O–H groups in total. The molecule has 23 heavy (non-hydrogen) atoms. The van der Waals surface area contributed by atoms with Crippen molar-refractivity contribution in [2.24, 2.45) is 0 Å². The number of allylic oxidation sites excluding steroid dienone is 2. The topological polar surface area (TPSA) is 70.3 Å².